The van der Waals surface area contributed by atoms with Crippen molar-refractivity contribution < 1.29 is 0 Å². The molecule has 14 heavy (non-hydrogen) atoms. The molecule has 3 heteroatoms. The second kappa shape index (κ2) is 6.82. The third-order valence-corrected chi connectivity index (χ3v) is 2.73. The van der Waals surface area contributed by atoms with E-state index in [2.05, 4.69) is 32.9 Å². The molecule has 0 N–H and O–H groups in total. The highest BCUT2D eigenvalue weighted by Crippen LogP contribution is 2.08. The molecule has 0 atom stereocenters. The van der Waals surface area contributed by atoms with E-state index in [-0.39, 0.29) is 0 Å². The highest BCUT2D eigenvalue weighted by atomic mass is 79.9. The van der Waals surface area contributed by atoms with Crippen LogP contribution in [0, 0.1) is 0 Å². The van der Waals surface area contributed by atoms with Gasteiger partial charge in [0.25, 0.3) is 0 Å². The number of alkyl halides is 1. The lowest BCUT2D eigenvalue weighted by molar-refractivity contribution is 0.707. The van der Waals surface area contributed by atoms with E-state index in [1.54, 1.807) is 0 Å². The lowest BCUT2D eigenvalue weighted by Crippen LogP contribution is -2.19. The van der Waals surface area contributed by atoms with Crippen molar-refractivity contribution in [2.75, 3.05) is 23.8 Å². The van der Waals surface area contributed by atoms with E-state index in [4.69, 9.17) is 0 Å². The first-order chi connectivity index (χ1) is 6.84. The molecule has 1 rings (SSSR count). The molecule has 1 aromatic rings. The molecule has 0 spiro atoms. The summed E-state index contributed by atoms with van der Waals surface area (Å²) < 4.78 is 0. The summed E-state index contributed by atoms with van der Waals surface area (Å²) in [5.74, 6) is 1.06. The SMILES string of the molecule is CN(CCCCCBr)c1ccccn1. The predicted molar refractivity (Wildman–Crippen MR) is 65.2 cm³/mol. The van der Waals surface area contributed by atoms with Crippen LogP contribution in [0.4, 0.5) is 5.82 Å². The largest absolute Gasteiger partial charge is 0.360 e. The van der Waals surface area contributed by atoms with Gasteiger partial charge in [-0.05, 0) is 25.0 Å². The van der Waals surface area contributed by atoms with E-state index >= 15 is 0 Å². The van der Waals surface area contributed by atoms with Gasteiger partial charge in [-0.15, -0.1) is 0 Å². The predicted octanol–water partition coefficient (Wildman–Crippen LogP) is 3.08. The number of aromatic nitrogens is 1. The molecule has 2 nitrogen and oxygen atoms in total. The fourth-order valence-corrected chi connectivity index (χ4v) is 1.71. The average Bonchev–Trinajstić information content (AvgIpc) is 2.25. The molecule has 0 radical (unpaired) electrons. The maximum absolute atomic E-state index is 4.29. The van der Waals surface area contributed by atoms with Gasteiger partial charge in [-0.2, -0.15) is 0 Å². The zero-order valence-electron chi connectivity index (χ0n) is 8.62. The Morgan fingerprint density at radius 3 is 2.79 bits per heavy atom. The Hall–Kier alpha value is -0.570. The first-order valence-electron chi connectivity index (χ1n) is 5.02. The standard InChI is InChI=1S/C11H17BrN2/c1-14(10-6-2-4-8-12)11-7-3-5-9-13-11/h3,5,7,9H,2,4,6,8,10H2,1H3. The quantitative estimate of drug-likeness (QED) is 0.575. The minimum atomic E-state index is 1.06. The van der Waals surface area contributed by atoms with Crippen molar-refractivity contribution in [3.8, 4) is 0 Å². The van der Waals surface area contributed by atoms with Crippen LogP contribution in [0.2, 0.25) is 0 Å². The maximum Gasteiger partial charge on any atom is 0.128 e. The lowest BCUT2D eigenvalue weighted by Gasteiger charge is -2.17. The minimum Gasteiger partial charge on any atom is -0.360 e. The number of rotatable bonds is 6. The summed E-state index contributed by atoms with van der Waals surface area (Å²) in [6.45, 7) is 1.09. The molecule has 0 unspecified atom stereocenters. The van der Waals surface area contributed by atoms with Crippen molar-refractivity contribution in [2.45, 2.75) is 19.3 Å². The molecule has 0 aliphatic heterocycles. The first-order valence-corrected chi connectivity index (χ1v) is 6.15. The van der Waals surface area contributed by atoms with Gasteiger partial charge in [-0.25, -0.2) is 4.98 Å². The summed E-state index contributed by atoms with van der Waals surface area (Å²) >= 11 is 3.44. The monoisotopic (exact) mass is 256 g/mol. The fraction of sp³-hybridized carbons (Fsp3) is 0.545. The molecule has 0 aromatic carbocycles. The number of nitrogens with zero attached hydrogens (tertiary/aromatic N) is 2. The number of halogens is 1. The second-order valence-corrected chi connectivity index (χ2v) is 4.15. The van der Waals surface area contributed by atoms with E-state index in [0.717, 1.165) is 17.7 Å². The van der Waals surface area contributed by atoms with E-state index < -0.39 is 0 Å². The Bertz CT molecular complexity index is 238. The Labute approximate surface area is 94.5 Å². The number of anilines is 1. The topological polar surface area (TPSA) is 16.1 Å². The molecule has 0 aliphatic carbocycles. The maximum atomic E-state index is 4.29. The minimum absolute atomic E-state index is 1.06. The summed E-state index contributed by atoms with van der Waals surface area (Å²) in [4.78, 5) is 6.50. The van der Waals surface area contributed by atoms with Gasteiger partial charge in [0.1, 0.15) is 5.82 Å². The van der Waals surface area contributed by atoms with E-state index in [9.17, 15) is 0 Å². The van der Waals surface area contributed by atoms with E-state index in [1.165, 1.54) is 19.3 Å². The third-order valence-electron chi connectivity index (χ3n) is 2.17. The van der Waals surface area contributed by atoms with Crippen molar-refractivity contribution in [3.63, 3.8) is 0 Å². The lowest BCUT2D eigenvalue weighted by atomic mass is 10.2. The molecular weight excluding hydrogens is 240 g/mol. The Morgan fingerprint density at radius 1 is 1.29 bits per heavy atom. The van der Waals surface area contributed by atoms with Crippen LogP contribution >= 0.6 is 15.9 Å². The molecule has 0 saturated carbocycles. The van der Waals surface area contributed by atoms with Gasteiger partial charge in [-0.3, -0.25) is 0 Å². The summed E-state index contributed by atoms with van der Waals surface area (Å²) in [7, 11) is 2.09. The number of hydrogen-bond acceptors (Lipinski definition) is 2. The van der Waals surface area contributed by atoms with Crippen molar-refractivity contribution in [1.82, 2.24) is 4.98 Å². The van der Waals surface area contributed by atoms with Crippen LogP contribution in [-0.4, -0.2) is 23.9 Å². The van der Waals surface area contributed by atoms with E-state index in [0.29, 0.717) is 0 Å². The van der Waals surface area contributed by atoms with Crippen LogP contribution < -0.4 is 4.90 Å². The third kappa shape index (κ3) is 4.09. The Morgan fingerprint density at radius 2 is 2.14 bits per heavy atom. The molecule has 0 saturated heterocycles. The molecule has 0 fully saturated rings. The summed E-state index contributed by atoms with van der Waals surface area (Å²) in [6.07, 6.45) is 5.61. The van der Waals surface area contributed by atoms with Crippen molar-refractivity contribution in [1.29, 1.82) is 0 Å². The summed E-state index contributed by atoms with van der Waals surface area (Å²) in [5, 5.41) is 1.11. The smallest absolute Gasteiger partial charge is 0.128 e. The van der Waals surface area contributed by atoms with Crippen LogP contribution in [0.15, 0.2) is 24.4 Å². The number of hydrogen-bond donors (Lipinski definition) is 0. The highest BCUT2D eigenvalue weighted by Gasteiger charge is 1.99. The number of unbranched alkanes of at least 4 members (excludes halogenated alkanes) is 2. The molecule has 1 heterocycles. The summed E-state index contributed by atoms with van der Waals surface area (Å²) in [6, 6.07) is 6.02. The van der Waals surface area contributed by atoms with Gasteiger partial charge in [0.15, 0.2) is 0 Å². The van der Waals surface area contributed by atoms with Gasteiger partial charge in [0.05, 0.1) is 0 Å². The normalized spacial score (nSPS) is 10.1. The summed E-state index contributed by atoms with van der Waals surface area (Å²) in [5.41, 5.74) is 0. The fourth-order valence-electron chi connectivity index (χ4n) is 1.31. The zero-order chi connectivity index (χ0) is 10.2. The molecule has 0 bridgehead atoms. The van der Waals surface area contributed by atoms with Crippen LogP contribution in [0.3, 0.4) is 0 Å². The highest BCUT2D eigenvalue weighted by molar-refractivity contribution is 9.09. The van der Waals surface area contributed by atoms with Gasteiger partial charge in [-0.1, -0.05) is 28.4 Å². The van der Waals surface area contributed by atoms with Gasteiger partial charge in [0, 0.05) is 25.1 Å². The average molecular weight is 257 g/mol. The van der Waals surface area contributed by atoms with Gasteiger partial charge in [0.2, 0.25) is 0 Å². The van der Waals surface area contributed by atoms with Crippen LogP contribution in [0.1, 0.15) is 19.3 Å². The van der Waals surface area contributed by atoms with Gasteiger partial charge < -0.3 is 4.90 Å². The molecule has 78 valence electrons. The van der Waals surface area contributed by atoms with Crippen LogP contribution in [-0.2, 0) is 0 Å². The molecule has 0 amide bonds. The van der Waals surface area contributed by atoms with Gasteiger partial charge >= 0.3 is 0 Å². The number of pyridine rings is 1. The second-order valence-electron chi connectivity index (χ2n) is 3.36. The molecule has 1 aromatic heterocycles. The van der Waals surface area contributed by atoms with Crippen molar-refractivity contribution in [2.24, 2.45) is 0 Å². The van der Waals surface area contributed by atoms with E-state index in [1.807, 2.05) is 24.4 Å². The van der Waals surface area contributed by atoms with Crippen LogP contribution in [0.25, 0.3) is 0 Å². The first kappa shape index (κ1) is 11.5. The van der Waals surface area contributed by atoms with Crippen molar-refractivity contribution >= 4 is 21.7 Å². The molecular formula is C11H17BrN2. The Balaban J connectivity index is 2.25. The van der Waals surface area contributed by atoms with Crippen molar-refractivity contribution in [3.05, 3.63) is 24.4 Å². The van der Waals surface area contributed by atoms with Crippen LogP contribution in [0.5, 0.6) is 0 Å². The zero-order valence-corrected chi connectivity index (χ0v) is 10.2. The Kier molecular flexibility index (Phi) is 5.60. The molecule has 0 aliphatic rings.